The van der Waals surface area contributed by atoms with Gasteiger partial charge in [-0.15, -0.1) is 0 Å². The third-order valence-corrected chi connectivity index (χ3v) is 7.31. The predicted octanol–water partition coefficient (Wildman–Crippen LogP) is 8.17. The van der Waals surface area contributed by atoms with Gasteiger partial charge in [-0.25, -0.2) is 9.99 Å². The highest BCUT2D eigenvalue weighted by atomic mass is 35.5. The summed E-state index contributed by atoms with van der Waals surface area (Å²) in [6, 6.07) is 17.1. The number of nitrogens with zero attached hydrogens (tertiary/aromatic N) is 3. The molecule has 1 aliphatic carbocycles. The Kier molecular flexibility index (Phi) is 8.83. The Morgan fingerprint density at radius 2 is 1.81 bits per heavy atom. The maximum absolute atomic E-state index is 13.7. The van der Waals surface area contributed by atoms with E-state index in [2.05, 4.69) is 51.9 Å². The van der Waals surface area contributed by atoms with E-state index in [0.29, 0.717) is 39.3 Å². The monoisotopic (exact) mass is 553 g/mol. The summed E-state index contributed by atoms with van der Waals surface area (Å²) in [5.74, 6) is 0.535. The zero-order valence-electron chi connectivity index (χ0n) is 20.8. The summed E-state index contributed by atoms with van der Waals surface area (Å²) >= 11 is 17.5. The molecule has 0 aliphatic heterocycles. The number of hydrogen-bond acceptors (Lipinski definition) is 6. The molecule has 1 amide bonds. The first-order chi connectivity index (χ1) is 17.8. The normalized spacial score (nSPS) is 14.9. The first-order valence-corrected chi connectivity index (χ1v) is 13.3. The summed E-state index contributed by atoms with van der Waals surface area (Å²) in [6.45, 7) is 5.18. The van der Waals surface area contributed by atoms with Crippen LogP contribution in [0.1, 0.15) is 55.5 Å². The molecule has 0 bridgehead atoms. The van der Waals surface area contributed by atoms with Crippen LogP contribution in [0.5, 0.6) is 0 Å². The lowest BCUT2D eigenvalue weighted by Crippen LogP contribution is -2.47. The van der Waals surface area contributed by atoms with E-state index >= 15 is 0 Å². The van der Waals surface area contributed by atoms with Crippen LogP contribution in [0.15, 0.2) is 65.8 Å². The van der Waals surface area contributed by atoms with Gasteiger partial charge in [-0.05, 0) is 73.1 Å². The van der Waals surface area contributed by atoms with Gasteiger partial charge in [-0.2, -0.15) is 4.99 Å². The molecule has 1 saturated carbocycles. The molecule has 0 unspecified atom stereocenters. The number of nitrogens with one attached hydrogen (secondary N) is 2. The number of aliphatic imine (C=N–C) groups is 1. The lowest BCUT2D eigenvalue weighted by atomic mass is 9.75. The summed E-state index contributed by atoms with van der Waals surface area (Å²) < 4.78 is 0. The Bertz CT molecular complexity index is 1260. The molecule has 0 atom stereocenters. The van der Waals surface area contributed by atoms with Crippen molar-refractivity contribution < 1.29 is 4.79 Å². The number of pyridine rings is 1. The highest BCUT2D eigenvalue weighted by molar-refractivity contribution is 7.78. The van der Waals surface area contributed by atoms with Crippen molar-refractivity contribution in [2.75, 3.05) is 10.7 Å². The van der Waals surface area contributed by atoms with Gasteiger partial charge in [0.15, 0.2) is 0 Å². The number of hydrazine groups is 1. The van der Waals surface area contributed by atoms with Gasteiger partial charge in [0.05, 0.1) is 32.5 Å². The summed E-state index contributed by atoms with van der Waals surface area (Å²) in [7, 11) is 0. The van der Waals surface area contributed by atoms with E-state index in [1.165, 1.54) is 0 Å². The Hall–Kier alpha value is -2.96. The molecular weight excluding hydrogens is 525 g/mol. The second-order valence-corrected chi connectivity index (χ2v) is 10.9. The van der Waals surface area contributed by atoms with Gasteiger partial charge in [0, 0.05) is 12.7 Å². The summed E-state index contributed by atoms with van der Waals surface area (Å²) in [4.78, 5) is 22.1. The molecule has 3 aromatic rings. The summed E-state index contributed by atoms with van der Waals surface area (Å²) in [5, 5.41) is 7.91. The molecule has 0 radical (unpaired) electrons. The fourth-order valence-electron chi connectivity index (χ4n) is 4.42. The standard InChI is InChI=1S/C28H29Cl2N5OS/c1-28(2)12-10-22(11-13-28)35(34-21-14-23(29)26(33-18-37)24(30)15-21)27(36)20-8-9-25(32-17-20)31-16-19-6-4-3-5-7-19/h3-9,14-15,17,22,34H,10-13,16H2,1-2H3,(H,31,32). The minimum Gasteiger partial charge on any atom is -0.366 e. The van der Waals surface area contributed by atoms with Crippen molar-refractivity contribution >= 4 is 63.7 Å². The molecule has 37 heavy (non-hydrogen) atoms. The van der Waals surface area contributed by atoms with Crippen molar-refractivity contribution in [3.8, 4) is 0 Å². The second-order valence-electron chi connectivity index (χ2n) is 9.95. The smallest absolute Gasteiger partial charge is 0.274 e. The fraction of sp³-hybridized carbons (Fsp3) is 0.321. The molecule has 1 aromatic heterocycles. The van der Waals surface area contributed by atoms with Crippen molar-refractivity contribution in [3.63, 3.8) is 0 Å². The zero-order valence-corrected chi connectivity index (χ0v) is 23.1. The number of carbonyl (C=O) groups excluding carboxylic acids is 1. The van der Waals surface area contributed by atoms with Crippen molar-refractivity contribution in [2.24, 2.45) is 10.4 Å². The summed E-state index contributed by atoms with van der Waals surface area (Å²) in [5.41, 5.74) is 6.11. The van der Waals surface area contributed by atoms with Crippen LogP contribution >= 0.6 is 35.4 Å². The van der Waals surface area contributed by atoms with Gasteiger partial charge in [0.1, 0.15) is 11.5 Å². The van der Waals surface area contributed by atoms with E-state index in [1.54, 1.807) is 29.4 Å². The Morgan fingerprint density at radius 3 is 2.41 bits per heavy atom. The van der Waals surface area contributed by atoms with Crippen molar-refractivity contribution in [2.45, 2.75) is 52.1 Å². The number of aromatic nitrogens is 1. The average molecular weight is 555 g/mol. The van der Waals surface area contributed by atoms with Crippen LogP contribution in [-0.2, 0) is 6.54 Å². The van der Waals surface area contributed by atoms with E-state index in [9.17, 15) is 4.79 Å². The van der Waals surface area contributed by atoms with Crippen LogP contribution in [0.3, 0.4) is 0 Å². The SMILES string of the molecule is CC1(C)CCC(N(Nc2cc(Cl)c(N=C=S)c(Cl)c2)C(=O)c2ccc(NCc3ccccc3)nc2)CC1. The molecule has 1 heterocycles. The number of carbonyl (C=O) groups is 1. The van der Waals surface area contributed by atoms with E-state index in [0.717, 1.165) is 31.2 Å². The molecule has 2 aromatic carbocycles. The number of isothiocyanates is 1. The minimum absolute atomic E-state index is 0.00707. The highest BCUT2D eigenvalue weighted by Gasteiger charge is 2.33. The van der Waals surface area contributed by atoms with E-state index in [1.807, 2.05) is 36.4 Å². The molecule has 1 fully saturated rings. The number of halogens is 2. The van der Waals surface area contributed by atoms with Crippen LogP contribution in [0.2, 0.25) is 10.0 Å². The molecule has 1 aliphatic rings. The maximum Gasteiger partial charge on any atom is 0.274 e. The van der Waals surface area contributed by atoms with Gasteiger partial charge >= 0.3 is 0 Å². The number of hydrogen-bond donors (Lipinski definition) is 2. The quantitative estimate of drug-likeness (QED) is 0.167. The number of anilines is 2. The lowest BCUT2D eigenvalue weighted by Gasteiger charge is -2.40. The van der Waals surface area contributed by atoms with Crippen LogP contribution < -0.4 is 10.7 Å². The number of benzene rings is 2. The van der Waals surface area contributed by atoms with Crippen LogP contribution in [-0.4, -0.2) is 27.1 Å². The minimum atomic E-state index is -0.167. The largest absolute Gasteiger partial charge is 0.366 e. The molecule has 4 rings (SSSR count). The van der Waals surface area contributed by atoms with E-state index < -0.39 is 0 Å². The third kappa shape index (κ3) is 7.08. The van der Waals surface area contributed by atoms with Gasteiger partial charge in [-0.3, -0.25) is 10.2 Å². The number of amides is 1. The van der Waals surface area contributed by atoms with Crippen LogP contribution in [0.4, 0.5) is 17.2 Å². The van der Waals surface area contributed by atoms with Gasteiger partial charge < -0.3 is 5.32 Å². The lowest BCUT2D eigenvalue weighted by molar-refractivity contribution is 0.0631. The fourth-order valence-corrected chi connectivity index (χ4v) is 5.09. The van der Waals surface area contributed by atoms with E-state index in [-0.39, 0.29) is 17.4 Å². The maximum atomic E-state index is 13.7. The average Bonchev–Trinajstić information content (AvgIpc) is 2.89. The molecule has 6 nitrogen and oxygen atoms in total. The van der Waals surface area contributed by atoms with Gasteiger partial charge in [0.2, 0.25) is 0 Å². The summed E-state index contributed by atoms with van der Waals surface area (Å²) in [6.07, 6.45) is 5.41. The van der Waals surface area contributed by atoms with Crippen LogP contribution in [0, 0.1) is 5.41 Å². The van der Waals surface area contributed by atoms with Crippen LogP contribution in [0.25, 0.3) is 0 Å². The van der Waals surface area contributed by atoms with Crippen molar-refractivity contribution in [1.82, 2.24) is 9.99 Å². The van der Waals surface area contributed by atoms with E-state index in [4.69, 9.17) is 23.2 Å². The Labute approximate surface area is 233 Å². The molecule has 0 spiro atoms. The Morgan fingerprint density at radius 1 is 1.14 bits per heavy atom. The zero-order chi connectivity index (χ0) is 26.4. The molecule has 0 saturated heterocycles. The first kappa shape index (κ1) is 27.1. The molecule has 9 heteroatoms. The third-order valence-electron chi connectivity index (χ3n) is 6.64. The first-order valence-electron chi connectivity index (χ1n) is 12.2. The van der Waals surface area contributed by atoms with Gasteiger partial charge in [-0.1, -0.05) is 67.4 Å². The molecule has 192 valence electrons. The van der Waals surface area contributed by atoms with Crippen molar-refractivity contribution in [1.29, 1.82) is 0 Å². The predicted molar refractivity (Wildman–Crippen MR) is 155 cm³/mol. The second kappa shape index (κ2) is 12.1. The molecule has 2 N–H and O–H groups in total. The van der Waals surface area contributed by atoms with Crippen molar-refractivity contribution in [3.05, 3.63) is 82.0 Å². The topological polar surface area (TPSA) is 69.6 Å². The number of thiocarbonyl (C=S) groups is 1. The molecular formula is C28H29Cl2N5OS. The Balaban J connectivity index is 1.54. The van der Waals surface area contributed by atoms with Gasteiger partial charge in [0.25, 0.3) is 5.91 Å². The highest BCUT2D eigenvalue weighted by Crippen LogP contribution is 2.39. The number of rotatable bonds is 8.